The first-order chi connectivity index (χ1) is 9.06. The molecule has 4 heteroatoms. The third kappa shape index (κ3) is 4.05. The Bertz CT molecular complexity index is 420. The maximum atomic E-state index is 11.9. The molecule has 0 aromatic carbocycles. The molecule has 0 spiro atoms. The number of amides is 1. The molecule has 106 valence electrons. The van der Waals surface area contributed by atoms with Crippen molar-refractivity contribution in [2.75, 3.05) is 13.1 Å². The SMILES string of the molecule is Cc1ccc(CNC2CCN(C(=O)C(C)C)CC2)s1. The molecule has 2 rings (SSSR count). The van der Waals surface area contributed by atoms with Crippen molar-refractivity contribution >= 4 is 17.2 Å². The normalized spacial score (nSPS) is 17.2. The van der Waals surface area contributed by atoms with Crippen LogP contribution in [0.3, 0.4) is 0 Å². The standard InChI is InChI=1S/C15H24N2OS/c1-11(2)15(18)17-8-6-13(7-9-17)16-10-14-5-4-12(3)19-14/h4-5,11,13,16H,6-10H2,1-3H3. The molecular weight excluding hydrogens is 256 g/mol. The first-order valence-electron chi connectivity index (χ1n) is 7.13. The van der Waals surface area contributed by atoms with Gasteiger partial charge in [-0.1, -0.05) is 13.8 Å². The minimum atomic E-state index is 0.124. The van der Waals surface area contributed by atoms with Gasteiger partial charge in [0.15, 0.2) is 0 Å². The van der Waals surface area contributed by atoms with E-state index in [4.69, 9.17) is 0 Å². The van der Waals surface area contributed by atoms with Gasteiger partial charge in [-0.05, 0) is 31.9 Å². The van der Waals surface area contributed by atoms with E-state index in [1.54, 1.807) is 0 Å². The number of carbonyl (C=O) groups excluding carboxylic acids is 1. The highest BCUT2D eigenvalue weighted by Gasteiger charge is 2.23. The largest absolute Gasteiger partial charge is 0.342 e. The number of piperidine rings is 1. The van der Waals surface area contributed by atoms with Crippen molar-refractivity contribution in [3.8, 4) is 0 Å². The van der Waals surface area contributed by atoms with Gasteiger partial charge in [0.2, 0.25) is 5.91 Å². The Hall–Kier alpha value is -0.870. The monoisotopic (exact) mass is 280 g/mol. The molecule has 1 fully saturated rings. The summed E-state index contributed by atoms with van der Waals surface area (Å²) in [5, 5.41) is 3.61. The lowest BCUT2D eigenvalue weighted by Gasteiger charge is -2.33. The first kappa shape index (κ1) is 14.5. The summed E-state index contributed by atoms with van der Waals surface area (Å²) in [6, 6.07) is 4.93. The minimum Gasteiger partial charge on any atom is -0.342 e. The van der Waals surface area contributed by atoms with E-state index < -0.39 is 0 Å². The van der Waals surface area contributed by atoms with Crippen LogP contribution in [0.15, 0.2) is 12.1 Å². The second-order valence-corrected chi connectivity index (χ2v) is 7.02. The van der Waals surface area contributed by atoms with Gasteiger partial charge in [0.1, 0.15) is 0 Å². The number of thiophene rings is 1. The molecule has 1 aromatic rings. The van der Waals surface area contributed by atoms with E-state index in [-0.39, 0.29) is 5.92 Å². The quantitative estimate of drug-likeness (QED) is 0.920. The summed E-state index contributed by atoms with van der Waals surface area (Å²) < 4.78 is 0. The summed E-state index contributed by atoms with van der Waals surface area (Å²) in [6.07, 6.45) is 2.14. The molecule has 1 aliphatic rings. The number of rotatable bonds is 4. The van der Waals surface area contributed by atoms with Gasteiger partial charge < -0.3 is 10.2 Å². The second-order valence-electron chi connectivity index (χ2n) is 5.65. The summed E-state index contributed by atoms with van der Waals surface area (Å²) in [6.45, 7) is 8.86. The van der Waals surface area contributed by atoms with Crippen LogP contribution in [-0.2, 0) is 11.3 Å². The highest BCUT2D eigenvalue weighted by Crippen LogP contribution is 2.17. The molecule has 0 unspecified atom stereocenters. The van der Waals surface area contributed by atoms with E-state index in [1.807, 2.05) is 30.1 Å². The van der Waals surface area contributed by atoms with Crippen molar-refractivity contribution in [1.82, 2.24) is 10.2 Å². The molecule has 0 saturated carbocycles. The van der Waals surface area contributed by atoms with Crippen molar-refractivity contribution in [3.05, 3.63) is 21.9 Å². The molecule has 0 aliphatic carbocycles. The number of likely N-dealkylation sites (tertiary alicyclic amines) is 1. The van der Waals surface area contributed by atoms with E-state index in [2.05, 4.69) is 24.4 Å². The van der Waals surface area contributed by atoms with Crippen molar-refractivity contribution in [2.24, 2.45) is 5.92 Å². The van der Waals surface area contributed by atoms with Crippen LogP contribution in [0.5, 0.6) is 0 Å². The fraction of sp³-hybridized carbons (Fsp3) is 0.667. The Kier molecular flexibility index (Phi) is 4.99. The number of hydrogen-bond donors (Lipinski definition) is 1. The van der Waals surface area contributed by atoms with Crippen LogP contribution in [0, 0.1) is 12.8 Å². The van der Waals surface area contributed by atoms with Crippen LogP contribution in [0.1, 0.15) is 36.4 Å². The molecular formula is C15H24N2OS. The van der Waals surface area contributed by atoms with Crippen molar-refractivity contribution in [2.45, 2.75) is 46.2 Å². The van der Waals surface area contributed by atoms with Gasteiger partial charge in [-0.15, -0.1) is 11.3 Å². The van der Waals surface area contributed by atoms with Crippen LogP contribution in [0.25, 0.3) is 0 Å². The van der Waals surface area contributed by atoms with Gasteiger partial charge in [0, 0.05) is 41.3 Å². The van der Waals surface area contributed by atoms with E-state index in [0.717, 1.165) is 32.5 Å². The summed E-state index contributed by atoms with van der Waals surface area (Å²) >= 11 is 1.86. The van der Waals surface area contributed by atoms with Gasteiger partial charge >= 0.3 is 0 Å². The van der Waals surface area contributed by atoms with Gasteiger partial charge in [-0.3, -0.25) is 4.79 Å². The van der Waals surface area contributed by atoms with E-state index in [0.29, 0.717) is 11.9 Å². The van der Waals surface area contributed by atoms with E-state index in [1.165, 1.54) is 9.75 Å². The molecule has 2 heterocycles. The molecule has 1 aliphatic heterocycles. The summed E-state index contributed by atoms with van der Waals surface area (Å²) in [5.41, 5.74) is 0. The van der Waals surface area contributed by atoms with Crippen LogP contribution >= 0.6 is 11.3 Å². The zero-order chi connectivity index (χ0) is 13.8. The van der Waals surface area contributed by atoms with E-state index in [9.17, 15) is 4.79 Å². The Morgan fingerprint density at radius 3 is 2.63 bits per heavy atom. The maximum Gasteiger partial charge on any atom is 0.225 e. The lowest BCUT2D eigenvalue weighted by molar-refractivity contribution is -0.135. The van der Waals surface area contributed by atoms with Crippen LogP contribution < -0.4 is 5.32 Å². The van der Waals surface area contributed by atoms with E-state index >= 15 is 0 Å². The predicted molar refractivity (Wildman–Crippen MR) is 80.3 cm³/mol. The molecule has 0 radical (unpaired) electrons. The number of carbonyl (C=O) groups is 1. The minimum absolute atomic E-state index is 0.124. The predicted octanol–water partition coefficient (Wildman–Crippen LogP) is 2.79. The molecule has 1 amide bonds. The summed E-state index contributed by atoms with van der Waals surface area (Å²) in [7, 11) is 0. The van der Waals surface area contributed by atoms with Crippen LogP contribution in [0.2, 0.25) is 0 Å². The number of hydrogen-bond acceptors (Lipinski definition) is 3. The average Bonchev–Trinajstić information content (AvgIpc) is 2.82. The number of nitrogens with zero attached hydrogens (tertiary/aromatic N) is 1. The highest BCUT2D eigenvalue weighted by atomic mass is 32.1. The average molecular weight is 280 g/mol. The number of aryl methyl sites for hydroxylation is 1. The zero-order valence-corrected chi connectivity index (χ0v) is 12.9. The van der Waals surface area contributed by atoms with Crippen molar-refractivity contribution in [3.63, 3.8) is 0 Å². The molecule has 1 N–H and O–H groups in total. The fourth-order valence-electron chi connectivity index (χ4n) is 2.49. The zero-order valence-electron chi connectivity index (χ0n) is 12.1. The Balaban J connectivity index is 1.73. The maximum absolute atomic E-state index is 11.9. The molecule has 19 heavy (non-hydrogen) atoms. The highest BCUT2D eigenvalue weighted by molar-refractivity contribution is 7.11. The molecule has 0 bridgehead atoms. The number of nitrogens with one attached hydrogen (secondary N) is 1. The van der Waals surface area contributed by atoms with Gasteiger partial charge in [-0.25, -0.2) is 0 Å². The Morgan fingerprint density at radius 2 is 2.11 bits per heavy atom. The Labute approximate surface area is 120 Å². The van der Waals surface area contributed by atoms with Gasteiger partial charge in [0.05, 0.1) is 0 Å². The molecule has 1 saturated heterocycles. The van der Waals surface area contributed by atoms with Crippen molar-refractivity contribution < 1.29 is 4.79 Å². The Morgan fingerprint density at radius 1 is 1.42 bits per heavy atom. The molecule has 0 atom stereocenters. The van der Waals surface area contributed by atoms with Gasteiger partial charge in [0.25, 0.3) is 0 Å². The first-order valence-corrected chi connectivity index (χ1v) is 7.95. The third-order valence-electron chi connectivity index (χ3n) is 3.66. The van der Waals surface area contributed by atoms with Crippen LogP contribution in [-0.4, -0.2) is 29.9 Å². The topological polar surface area (TPSA) is 32.3 Å². The molecule has 3 nitrogen and oxygen atoms in total. The lowest BCUT2D eigenvalue weighted by atomic mass is 10.0. The van der Waals surface area contributed by atoms with Crippen LogP contribution in [0.4, 0.5) is 0 Å². The fourth-order valence-corrected chi connectivity index (χ4v) is 3.34. The van der Waals surface area contributed by atoms with Crippen molar-refractivity contribution in [1.29, 1.82) is 0 Å². The summed E-state index contributed by atoms with van der Waals surface area (Å²) in [5.74, 6) is 0.422. The molecule has 1 aromatic heterocycles. The smallest absolute Gasteiger partial charge is 0.225 e. The lowest BCUT2D eigenvalue weighted by Crippen LogP contribution is -2.45. The second kappa shape index (κ2) is 6.53. The third-order valence-corrected chi connectivity index (χ3v) is 4.66. The van der Waals surface area contributed by atoms with Gasteiger partial charge in [-0.2, -0.15) is 0 Å². The summed E-state index contributed by atoms with van der Waals surface area (Å²) in [4.78, 5) is 16.7.